The molecular formula is C26H40N4O6S. The Hall–Kier alpha value is -3.05. The lowest BCUT2D eigenvalue weighted by Gasteiger charge is -2.25. The van der Waals surface area contributed by atoms with Crippen LogP contribution in [0.15, 0.2) is 41.3 Å². The molecule has 3 N–H and O–H groups in total. The number of carbonyl (C=O) groups is 2. The minimum absolute atomic E-state index is 0.0164. The molecule has 11 heteroatoms. The van der Waals surface area contributed by atoms with Crippen molar-refractivity contribution in [2.75, 3.05) is 32.1 Å². The normalized spacial score (nSPS) is 13.1. The summed E-state index contributed by atoms with van der Waals surface area (Å²) in [7, 11) is -0.0618. The first-order valence-corrected chi connectivity index (χ1v) is 13.6. The molecule has 0 aliphatic rings. The highest BCUT2D eigenvalue weighted by Crippen LogP contribution is 2.30. The van der Waals surface area contributed by atoms with Crippen molar-refractivity contribution in [2.45, 2.75) is 70.1 Å². The van der Waals surface area contributed by atoms with Crippen molar-refractivity contribution in [3.63, 3.8) is 0 Å². The van der Waals surface area contributed by atoms with Gasteiger partial charge in [-0.15, -0.1) is 0 Å². The molecule has 0 aliphatic carbocycles. The summed E-state index contributed by atoms with van der Waals surface area (Å²) in [5, 5.41) is 6.74. The van der Waals surface area contributed by atoms with Crippen LogP contribution in [-0.2, 0) is 19.5 Å². The summed E-state index contributed by atoms with van der Waals surface area (Å²) < 4.78 is 39.6. The fourth-order valence-electron chi connectivity index (χ4n) is 3.55. The van der Waals surface area contributed by atoms with Crippen LogP contribution in [0.1, 0.15) is 48.0 Å². The summed E-state index contributed by atoms with van der Waals surface area (Å²) in [6, 6.07) is 10.1. The van der Waals surface area contributed by atoms with Crippen molar-refractivity contribution in [3.05, 3.63) is 36.4 Å². The number of nitrogens with zero attached hydrogens (tertiary/aromatic N) is 1. The second-order valence-electron chi connectivity index (χ2n) is 10.9. The number of ether oxygens (including phenoxy) is 2. The molecule has 0 heterocycles. The van der Waals surface area contributed by atoms with Crippen molar-refractivity contribution in [2.24, 2.45) is 0 Å². The minimum Gasteiger partial charge on any atom is -0.444 e. The average Bonchev–Trinajstić information content (AvgIpc) is 2.73. The zero-order valence-corrected chi connectivity index (χ0v) is 23.8. The van der Waals surface area contributed by atoms with Crippen LogP contribution in [0.25, 0.3) is 10.8 Å². The lowest BCUT2D eigenvalue weighted by molar-refractivity contribution is 0.0461. The summed E-state index contributed by atoms with van der Waals surface area (Å²) in [5.74, 6) is 0. The van der Waals surface area contributed by atoms with Crippen LogP contribution in [0.4, 0.5) is 15.3 Å². The van der Waals surface area contributed by atoms with Gasteiger partial charge in [0, 0.05) is 43.6 Å². The second kappa shape index (κ2) is 12.0. The fraction of sp³-hybridized carbons (Fsp3) is 0.538. The number of alkyl carbamates (subject to hydrolysis) is 2. The van der Waals surface area contributed by atoms with Crippen LogP contribution in [-0.4, -0.2) is 65.0 Å². The van der Waals surface area contributed by atoms with Crippen LogP contribution >= 0.6 is 0 Å². The predicted octanol–water partition coefficient (Wildman–Crippen LogP) is 3.99. The van der Waals surface area contributed by atoms with Gasteiger partial charge in [-0.3, -0.25) is 0 Å². The smallest absolute Gasteiger partial charge is 0.407 e. The van der Waals surface area contributed by atoms with Gasteiger partial charge in [0.15, 0.2) is 0 Å². The van der Waals surface area contributed by atoms with Gasteiger partial charge in [0.25, 0.3) is 0 Å². The Bertz CT molecular complexity index is 1200. The largest absolute Gasteiger partial charge is 0.444 e. The van der Waals surface area contributed by atoms with E-state index >= 15 is 0 Å². The van der Waals surface area contributed by atoms with Crippen molar-refractivity contribution in [1.82, 2.24) is 15.4 Å². The molecule has 0 aliphatic heterocycles. The molecule has 2 rings (SSSR count). The van der Waals surface area contributed by atoms with Gasteiger partial charge in [-0.2, -0.15) is 0 Å². The van der Waals surface area contributed by atoms with E-state index in [2.05, 4.69) is 15.4 Å². The fourth-order valence-corrected chi connectivity index (χ4v) is 4.82. The number of nitrogens with one attached hydrogen (secondary N) is 3. The number of hydrogen-bond acceptors (Lipinski definition) is 7. The third kappa shape index (κ3) is 9.73. The first kappa shape index (κ1) is 30.2. The van der Waals surface area contributed by atoms with Crippen molar-refractivity contribution in [1.29, 1.82) is 0 Å². The molecule has 37 heavy (non-hydrogen) atoms. The highest BCUT2D eigenvalue weighted by Gasteiger charge is 2.23. The van der Waals surface area contributed by atoms with E-state index in [1.165, 1.54) is 0 Å². The number of anilines is 1. The monoisotopic (exact) mass is 536 g/mol. The zero-order chi connectivity index (χ0) is 28.0. The van der Waals surface area contributed by atoms with Crippen molar-refractivity contribution in [3.8, 4) is 0 Å². The van der Waals surface area contributed by atoms with Crippen LogP contribution < -0.4 is 20.3 Å². The number of fused-ring (bicyclic) bond motifs is 1. The topological polar surface area (TPSA) is 126 Å². The third-order valence-corrected chi connectivity index (χ3v) is 6.55. The lowest BCUT2D eigenvalue weighted by Crippen LogP contribution is -2.47. The lowest BCUT2D eigenvalue weighted by atomic mass is 10.1. The number of benzene rings is 2. The maximum atomic E-state index is 13.2. The Kier molecular flexibility index (Phi) is 9.78. The predicted molar refractivity (Wildman–Crippen MR) is 145 cm³/mol. The highest BCUT2D eigenvalue weighted by molar-refractivity contribution is 7.89. The van der Waals surface area contributed by atoms with E-state index in [4.69, 9.17) is 9.47 Å². The molecule has 1 unspecified atom stereocenters. The minimum atomic E-state index is -3.86. The standard InChI is InChI=1S/C26H40N4O6S/c1-25(2,3)35-23(31)27-17-18(29-24(32)36-26(4,5)6)15-16-28-37(33,34)22-14-10-11-19-20(22)12-9-13-21(19)30(7)8/h9-14,18,28H,15-17H2,1-8H3,(H,27,31)(H,29,32). The van der Waals surface area contributed by atoms with Gasteiger partial charge in [-0.05, 0) is 60.1 Å². The van der Waals surface area contributed by atoms with Crippen LogP contribution in [0, 0.1) is 0 Å². The molecule has 2 amide bonds. The van der Waals surface area contributed by atoms with E-state index in [0.717, 1.165) is 11.1 Å². The number of hydrogen-bond donors (Lipinski definition) is 3. The molecule has 10 nitrogen and oxygen atoms in total. The van der Waals surface area contributed by atoms with Gasteiger partial charge in [0.1, 0.15) is 11.2 Å². The molecule has 2 aromatic carbocycles. The van der Waals surface area contributed by atoms with Crippen molar-refractivity contribution >= 4 is 38.7 Å². The zero-order valence-electron chi connectivity index (χ0n) is 23.0. The SMILES string of the molecule is CN(C)c1cccc2c(S(=O)(=O)NCCC(CNC(=O)OC(C)(C)C)NC(=O)OC(C)(C)C)cccc12. The summed E-state index contributed by atoms with van der Waals surface area (Å²) in [6.07, 6.45) is -1.12. The molecule has 0 spiro atoms. The molecule has 206 valence electrons. The van der Waals surface area contributed by atoms with Crippen LogP contribution in [0.2, 0.25) is 0 Å². The van der Waals surface area contributed by atoms with Gasteiger partial charge in [0.2, 0.25) is 10.0 Å². The molecule has 0 radical (unpaired) electrons. The van der Waals surface area contributed by atoms with E-state index in [9.17, 15) is 18.0 Å². The average molecular weight is 537 g/mol. The Morgan fingerprint density at radius 2 is 1.46 bits per heavy atom. The van der Waals surface area contributed by atoms with E-state index in [-0.39, 0.29) is 24.4 Å². The molecule has 0 saturated heterocycles. The molecule has 2 aromatic rings. The Morgan fingerprint density at radius 1 is 0.892 bits per heavy atom. The molecule has 0 aromatic heterocycles. The second-order valence-corrected chi connectivity index (χ2v) is 12.7. The first-order chi connectivity index (χ1) is 17.0. The molecule has 0 bridgehead atoms. The molecule has 0 saturated carbocycles. The molecule has 1 atom stereocenters. The van der Waals surface area contributed by atoms with Gasteiger partial charge in [-0.1, -0.05) is 24.3 Å². The van der Waals surface area contributed by atoms with Crippen LogP contribution in [0.3, 0.4) is 0 Å². The van der Waals surface area contributed by atoms with E-state index in [0.29, 0.717) is 5.39 Å². The third-order valence-electron chi connectivity index (χ3n) is 5.03. The molecular weight excluding hydrogens is 496 g/mol. The van der Waals surface area contributed by atoms with E-state index < -0.39 is 39.5 Å². The Balaban J connectivity index is 2.14. The molecule has 0 fully saturated rings. The van der Waals surface area contributed by atoms with Gasteiger partial charge in [-0.25, -0.2) is 22.7 Å². The first-order valence-electron chi connectivity index (χ1n) is 12.1. The number of sulfonamides is 1. The van der Waals surface area contributed by atoms with Gasteiger partial charge < -0.3 is 25.0 Å². The number of rotatable bonds is 9. The van der Waals surface area contributed by atoms with E-state index in [1.807, 2.05) is 37.2 Å². The number of carbonyl (C=O) groups excluding carboxylic acids is 2. The quantitative estimate of drug-likeness (QED) is 0.442. The van der Waals surface area contributed by atoms with Crippen LogP contribution in [0.5, 0.6) is 0 Å². The summed E-state index contributed by atoms with van der Waals surface area (Å²) in [5.41, 5.74) is -0.489. The van der Waals surface area contributed by atoms with Crippen molar-refractivity contribution < 1.29 is 27.5 Å². The summed E-state index contributed by atoms with van der Waals surface area (Å²) in [6.45, 7) is 10.5. The summed E-state index contributed by atoms with van der Waals surface area (Å²) in [4.78, 5) is 26.5. The Morgan fingerprint density at radius 3 is 2.05 bits per heavy atom. The highest BCUT2D eigenvalue weighted by atomic mass is 32.2. The summed E-state index contributed by atoms with van der Waals surface area (Å²) >= 11 is 0. The van der Waals surface area contributed by atoms with Gasteiger partial charge >= 0.3 is 12.2 Å². The van der Waals surface area contributed by atoms with Gasteiger partial charge in [0.05, 0.1) is 10.9 Å². The maximum Gasteiger partial charge on any atom is 0.407 e. The van der Waals surface area contributed by atoms with E-state index in [1.54, 1.807) is 59.7 Å². The number of amides is 2. The Labute approximate surface area is 220 Å². The maximum absolute atomic E-state index is 13.2.